The molecule has 100 valence electrons. The highest BCUT2D eigenvalue weighted by Gasteiger charge is 2.27. The van der Waals surface area contributed by atoms with E-state index in [2.05, 4.69) is 36.0 Å². The Hall–Kier alpha value is -0.810. The summed E-state index contributed by atoms with van der Waals surface area (Å²) >= 11 is 2.03. The van der Waals surface area contributed by atoms with Crippen LogP contribution in [0, 0.1) is 0 Å². The minimum Gasteiger partial charge on any atom is -0.353 e. The fraction of sp³-hybridized carbons (Fsp3) is 0.692. The van der Waals surface area contributed by atoms with Crippen molar-refractivity contribution in [2.24, 2.45) is 0 Å². The van der Waals surface area contributed by atoms with Gasteiger partial charge in [0.25, 0.3) is 0 Å². The molecular formula is C13H22N4S. The van der Waals surface area contributed by atoms with Crippen LogP contribution in [0.1, 0.15) is 26.5 Å². The smallest absolute Gasteiger partial charge is 0.147 e. The average Bonchev–Trinajstić information content (AvgIpc) is 2.35. The molecule has 0 aliphatic carbocycles. The highest BCUT2D eigenvalue weighted by Crippen LogP contribution is 2.31. The molecule has 2 rings (SSSR count). The molecule has 1 fully saturated rings. The van der Waals surface area contributed by atoms with Gasteiger partial charge in [0.2, 0.25) is 0 Å². The molecule has 1 saturated heterocycles. The Morgan fingerprint density at radius 1 is 1.44 bits per heavy atom. The van der Waals surface area contributed by atoms with Gasteiger partial charge in [-0.3, -0.25) is 4.98 Å². The van der Waals surface area contributed by atoms with Gasteiger partial charge in [-0.15, -0.1) is 0 Å². The summed E-state index contributed by atoms with van der Waals surface area (Å²) in [6.45, 7) is 10.5. The molecule has 0 atom stereocenters. The molecule has 0 saturated carbocycles. The Morgan fingerprint density at radius 3 is 3.00 bits per heavy atom. The maximum Gasteiger partial charge on any atom is 0.147 e. The number of anilines is 1. The maximum atomic E-state index is 4.69. The molecule has 0 unspecified atom stereocenters. The number of thioether (sulfide) groups is 1. The third kappa shape index (κ3) is 3.59. The zero-order chi connectivity index (χ0) is 13.0. The van der Waals surface area contributed by atoms with Crippen molar-refractivity contribution in [3.8, 4) is 0 Å². The van der Waals surface area contributed by atoms with E-state index in [1.54, 1.807) is 0 Å². The summed E-state index contributed by atoms with van der Waals surface area (Å²) in [5.41, 5.74) is 1.02. The number of rotatable bonds is 4. The lowest BCUT2D eigenvalue weighted by molar-refractivity contribution is 0.637. The molecule has 4 nitrogen and oxygen atoms in total. The second-order valence-corrected chi connectivity index (χ2v) is 6.98. The highest BCUT2D eigenvalue weighted by molar-refractivity contribution is 8.00. The van der Waals surface area contributed by atoms with Crippen LogP contribution in [-0.2, 0) is 6.54 Å². The second-order valence-electron chi connectivity index (χ2n) is 5.18. The summed E-state index contributed by atoms with van der Waals surface area (Å²) in [4.78, 5) is 11.3. The Labute approximate surface area is 114 Å². The van der Waals surface area contributed by atoms with Crippen molar-refractivity contribution < 1.29 is 0 Å². The zero-order valence-corrected chi connectivity index (χ0v) is 12.3. The maximum absolute atomic E-state index is 4.69. The summed E-state index contributed by atoms with van der Waals surface area (Å²) in [6.07, 6.45) is 3.72. The quantitative estimate of drug-likeness (QED) is 0.901. The van der Waals surface area contributed by atoms with Gasteiger partial charge in [-0.05, 0) is 20.4 Å². The second kappa shape index (κ2) is 5.89. The van der Waals surface area contributed by atoms with Gasteiger partial charge >= 0.3 is 0 Å². The molecule has 1 aromatic rings. The van der Waals surface area contributed by atoms with Crippen LogP contribution in [0.25, 0.3) is 0 Å². The monoisotopic (exact) mass is 266 g/mol. The summed E-state index contributed by atoms with van der Waals surface area (Å²) in [7, 11) is 0. The molecule has 2 heterocycles. The number of nitrogens with zero attached hydrogens (tertiary/aromatic N) is 3. The molecule has 1 N–H and O–H groups in total. The normalized spacial score (nSPS) is 18.9. The first-order chi connectivity index (χ1) is 8.61. The first-order valence-electron chi connectivity index (χ1n) is 6.51. The largest absolute Gasteiger partial charge is 0.353 e. The van der Waals surface area contributed by atoms with Crippen LogP contribution in [0.4, 0.5) is 5.82 Å². The van der Waals surface area contributed by atoms with Gasteiger partial charge in [-0.25, -0.2) is 4.98 Å². The Bertz CT molecular complexity index is 394. The Balaban J connectivity index is 2.07. The van der Waals surface area contributed by atoms with Crippen molar-refractivity contribution in [3.05, 3.63) is 18.1 Å². The molecule has 0 bridgehead atoms. The van der Waals surface area contributed by atoms with Crippen LogP contribution in [-0.4, -0.2) is 40.1 Å². The average molecular weight is 266 g/mol. The lowest BCUT2D eigenvalue weighted by Gasteiger charge is -2.38. The number of nitrogens with one attached hydrogen (secondary N) is 1. The van der Waals surface area contributed by atoms with E-state index < -0.39 is 0 Å². The standard InChI is InChI=1S/C13H22N4S/c1-4-14-7-11-8-15-9-12(16-11)17-5-6-18-13(2,3)10-17/h8-9,14H,4-7,10H2,1-3H3. The highest BCUT2D eigenvalue weighted by atomic mass is 32.2. The summed E-state index contributed by atoms with van der Waals surface area (Å²) < 4.78 is 0.303. The van der Waals surface area contributed by atoms with E-state index in [0.717, 1.165) is 43.4 Å². The van der Waals surface area contributed by atoms with Gasteiger partial charge in [-0.2, -0.15) is 11.8 Å². The Morgan fingerprint density at radius 2 is 2.28 bits per heavy atom. The fourth-order valence-electron chi connectivity index (χ4n) is 2.10. The van der Waals surface area contributed by atoms with Crippen LogP contribution >= 0.6 is 11.8 Å². The van der Waals surface area contributed by atoms with E-state index >= 15 is 0 Å². The summed E-state index contributed by atoms with van der Waals surface area (Å²) in [5.74, 6) is 2.17. The van der Waals surface area contributed by atoms with E-state index in [1.807, 2.05) is 24.2 Å². The van der Waals surface area contributed by atoms with E-state index in [-0.39, 0.29) is 0 Å². The third-order valence-electron chi connectivity index (χ3n) is 2.98. The van der Waals surface area contributed by atoms with Crippen LogP contribution in [0.3, 0.4) is 0 Å². The lowest BCUT2D eigenvalue weighted by Crippen LogP contribution is -2.43. The van der Waals surface area contributed by atoms with Gasteiger partial charge < -0.3 is 10.2 Å². The van der Waals surface area contributed by atoms with Crippen molar-refractivity contribution >= 4 is 17.6 Å². The van der Waals surface area contributed by atoms with Gasteiger partial charge in [0.05, 0.1) is 11.9 Å². The van der Waals surface area contributed by atoms with Gasteiger partial charge in [0, 0.05) is 36.3 Å². The fourth-order valence-corrected chi connectivity index (χ4v) is 3.21. The van der Waals surface area contributed by atoms with Crippen molar-refractivity contribution in [1.29, 1.82) is 0 Å². The van der Waals surface area contributed by atoms with Crippen LogP contribution in [0.5, 0.6) is 0 Å². The minimum absolute atomic E-state index is 0.303. The molecule has 0 amide bonds. The molecule has 1 aliphatic rings. The number of hydrogen-bond acceptors (Lipinski definition) is 5. The molecule has 1 aromatic heterocycles. The number of aromatic nitrogens is 2. The molecule has 5 heteroatoms. The first-order valence-corrected chi connectivity index (χ1v) is 7.50. The lowest BCUT2D eigenvalue weighted by atomic mass is 10.2. The Kier molecular flexibility index (Phi) is 4.45. The minimum atomic E-state index is 0.303. The topological polar surface area (TPSA) is 41.1 Å². The number of hydrogen-bond donors (Lipinski definition) is 1. The van der Waals surface area contributed by atoms with E-state index in [9.17, 15) is 0 Å². The SMILES string of the molecule is CCNCc1cncc(N2CCSC(C)(C)C2)n1. The molecular weight excluding hydrogens is 244 g/mol. The van der Waals surface area contributed by atoms with E-state index in [1.165, 1.54) is 0 Å². The van der Waals surface area contributed by atoms with Crippen LogP contribution < -0.4 is 10.2 Å². The molecule has 0 radical (unpaired) electrons. The molecule has 0 aromatic carbocycles. The molecule has 18 heavy (non-hydrogen) atoms. The van der Waals surface area contributed by atoms with Gasteiger partial charge in [-0.1, -0.05) is 6.92 Å². The van der Waals surface area contributed by atoms with Crippen LogP contribution in [0.2, 0.25) is 0 Å². The zero-order valence-electron chi connectivity index (χ0n) is 11.4. The molecule has 1 aliphatic heterocycles. The summed E-state index contributed by atoms with van der Waals surface area (Å²) in [5, 5.41) is 3.29. The van der Waals surface area contributed by atoms with Crippen molar-refractivity contribution in [3.63, 3.8) is 0 Å². The van der Waals surface area contributed by atoms with Crippen LogP contribution in [0.15, 0.2) is 12.4 Å². The third-order valence-corrected chi connectivity index (χ3v) is 4.27. The van der Waals surface area contributed by atoms with Gasteiger partial charge in [0.15, 0.2) is 0 Å². The van der Waals surface area contributed by atoms with Crippen molar-refractivity contribution in [2.45, 2.75) is 32.1 Å². The van der Waals surface area contributed by atoms with Gasteiger partial charge in [0.1, 0.15) is 5.82 Å². The molecule has 0 spiro atoms. The van der Waals surface area contributed by atoms with Crippen molar-refractivity contribution in [1.82, 2.24) is 15.3 Å². The van der Waals surface area contributed by atoms with E-state index in [4.69, 9.17) is 4.98 Å². The first kappa shape index (κ1) is 13.6. The predicted molar refractivity (Wildman–Crippen MR) is 78.2 cm³/mol. The van der Waals surface area contributed by atoms with Crippen molar-refractivity contribution in [2.75, 3.05) is 30.3 Å². The summed E-state index contributed by atoms with van der Waals surface area (Å²) in [6, 6.07) is 0. The van der Waals surface area contributed by atoms with E-state index in [0.29, 0.717) is 4.75 Å². The predicted octanol–water partition coefficient (Wildman–Crippen LogP) is 1.92.